The van der Waals surface area contributed by atoms with Gasteiger partial charge in [-0.3, -0.25) is 0 Å². The minimum atomic E-state index is -1.22. The van der Waals surface area contributed by atoms with E-state index >= 15 is 0 Å². The van der Waals surface area contributed by atoms with E-state index in [9.17, 15) is 0 Å². The lowest BCUT2D eigenvalue weighted by Crippen LogP contribution is -2.29. The van der Waals surface area contributed by atoms with Crippen molar-refractivity contribution in [2.75, 3.05) is 6.61 Å². The van der Waals surface area contributed by atoms with Gasteiger partial charge in [-0.1, -0.05) is 36.5 Å². The summed E-state index contributed by atoms with van der Waals surface area (Å²) < 4.78 is 0. The van der Waals surface area contributed by atoms with E-state index in [2.05, 4.69) is 31.3 Å². The van der Waals surface area contributed by atoms with Gasteiger partial charge in [0.05, 0.1) is 8.07 Å². The van der Waals surface area contributed by atoms with Gasteiger partial charge in [0, 0.05) is 6.61 Å². The SMILES string of the molecule is C[Si](C)(CCO)C1=CC=CC1. The minimum absolute atomic E-state index is 0.344. The van der Waals surface area contributed by atoms with Gasteiger partial charge >= 0.3 is 0 Å². The zero-order valence-corrected chi connectivity index (χ0v) is 8.30. The highest BCUT2D eigenvalue weighted by atomic mass is 28.3. The lowest BCUT2D eigenvalue weighted by molar-refractivity contribution is 0.316. The van der Waals surface area contributed by atoms with E-state index < -0.39 is 8.07 Å². The number of hydrogen-bond donors (Lipinski definition) is 1. The fourth-order valence-corrected chi connectivity index (χ4v) is 3.49. The quantitative estimate of drug-likeness (QED) is 0.640. The largest absolute Gasteiger partial charge is 0.397 e. The van der Waals surface area contributed by atoms with Crippen LogP contribution >= 0.6 is 0 Å². The zero-order valence-electron chi connectivity index (χ0n) is 7.30. The lowest BCUT2D eigenvalue weighted by atomic mass is 10.5. The van der Waals surface area contributed by atoms with Crippen LogP contribution in [0.25, 0.3) is 0 Å². The Morgan fingerprint density at radius 3 is 2.73 bits per heavy atom. The molecule has 0 spiro atoms. The van der Waals surface area contributed by atoms with Gasteiger partial charge in [0.15, 0.2) is 0 Å². The van der Waals surface area contributed by atoms with Gasteiger partial charge in [-0.05, 0) is 12.5 Å². The molecule has 0 saturated heterocycles. The van der Waals surface area contributed by atoms with Crippen molar-refractivity contribution < 1.29 is 5.11 Å². The molecule has 2 heteroatoms. The molecule has 1 rings (SSSR count). The van der Waals surface area contributed by atoms with Gasteiger partial charge in [-0.2, -0.15) is 0 Å². The second kappa shape index (κ2) is 3.37. The second-order valence-electron chi connectivity index (χ2n) is 3.68. The van der Waals surface area contributed by atoms with Gasteiger partial charge in [0.1, 0.15) is 0 Å². The molecule has 1 aliphatic rings. The van der Waals surface area contributed by atoms with Crippen LogP contribution in [-0.4, -0.2) is 19.8 Å². The van der Waals surface area contributed by atoms with E-state index in [-0.39, 0.29) is 0 Å². The smallest absolute Gasteiger partial charge is 0.0781 e. The molecule has 0 unspecified atom stereocenters. The molecule has 1 N–H and O–H groups in total. The first kappa shape index (κ1) is 8.75. The molecule has 0 aromatic heterocycles. The lowest BCUT2D eigenvalue weighted by Gasteiger charge is -2.22. The van der Waals surface area contributed by atoms with E-state index in [0.717, 1.165) is 12.5 Å². The van der Waals surface area contributed by atoms with Crippen LogP contribution in [0.15, 0.2) is 23.4 Å². The van der Waals surface area contributed by atoms with E-state index in [1.165, 1.54) is 0 Å². The summed E-state index contributed by atoms with van der Waals surface area (Å²) in [5.74, 6) is 0. The fraction of sp³-hybridized carbons (Fsp3) is 0.556. The summed E-state index contributed by atoms with van der Waals surface area (Å²) in [6, 6.07) is 1.00. The molecule has 0 radical (unpaired) electrons. The van der Waals surface area contributed by atoms with Crippen molar-refractivity contribution in [3.63, 3.8) is 0 Å². The molecule has 62 valence electrons. The third-order valence-electron chi connectivity index (χ3n) is 2.38. The number of aliphatic hydroxyl groups is 1. The Balaban J connectivity index is 2.57. The Morgan fingerprint density at radius 2 is 2.27 bits per heavy atom. The maximum atomic E-state index is 8.85. The first-order chi connectivity index (χ1) is 5.17. The predicted octanol–water partition coefficient (Wildman–Crippen LogP) is 2.11. The summed E-state index contributed by atoms with van der Waals surface area (Å²) in [4.78, 5) is 0. The minimum Gasteiger partial charge on any atom is -0.397 e. The molecule has 0 aromatic rings. The molecule has 11 heavy (non-hydrogen) atoms. The summed E-state index contributed by atoms with van der Waals surface area (Å²) in [7, 11) is -1.22. The Morgan fingerprint density at radius 1 is 1.55 bits per heavy atom. The summed E-state index contributed by atoms with van der Waals surface area (Å²) in [6.07, 6.45) is 7.67. The molecular weight excluding hydrogens is 152 g/mol. The average molecular weight is 168 g/mol. The van der Waals surface area contributed by atoms with Crippen molar-refractivity contribution in [1.29, 1.82) is 0 Å². The van der Waals surface area contributed by atoms with Gasteiger partial charge in [0.2, 0.25) is 0 Å². The molecule has 0 aromatic carbocycles. The maximum absolute atomic E-state index is 8.85. The van der Waals surface area contributed by atoms with Crippen molar-refractivity contribution in [3.05, 3.63) is 23.4 Å². The summed E-state index contributed by atoms with van der Waals surface area (Å²) in [6.45, 7) is 4.99. The zero-order chi connectivity index (χ0) is 8.32. The van der Waals surface area contributed by atoms with Crippen LogP contribution < -0.4 is 0 Å². The molecule has 1 aliphatic carbocycles. The molecule has 0 heterocycles. The highest BCUT2D eigenvalue weighted by molar-refractivity contribution is 6.84. The van der Waals surface area contributed by atoms with E-state index in [1.807, 2.05) is 0 Å². The van der Waals surface area contributed by atoms with Crippen molar-refractivity contribution >= 4 is 8.07 Å². The van der Waals surface area contributed by atoms with Crippen molar-refractivity contribution in [1.82, 2.24) is 0 Å². The van der Waals surface area contributed by atoms with E-state index in [4.69, 9.17) is 5.11 Å². The highest BCUT2D eigenvalue weighted by Crippen LogP contribution is 2.25. The Labute approximate surface area is 69.4 Å². The van der Waals surface area contributed by atoms with Crippen LogP contribution in [0.2, 0.25) is 19.1 Å². The number of allylic oxidation sites excluding steroid dienone is 4. The molecule has 0 saturated carbocycles. The fourth-order valence-electron chi connectivity index (χ4n) is 1.39. The first-order valence-electron chi connectivity index (χ1n) is 4.14. The summed E-state index contributed by atoms with van der Waals surface area (Å²) in [5.41, 5.74) is 0. The maximum Gasteiger partial charge on any atom is 0.0781 e. The van der Waals surface area contributed by atoms with Gasteiger partial charge in [-0.25, -0.2) is 0 Å². The van der Waals surface area contributed by atoms with Gasteiger partial charge < -0.3 is 5.11 Å². The van der Waals surface area contributed by atoms with Crippen LogP contribution in [0, 0.1) is 0 Å². The molecular formula is C9H16OSi. The third-order valence-corrected chi connectivity index (χ3v) is 5.96. The molecule has 0 bridgehead atoms. The topological polar surface area (TPSA) is 20.2 Å². The normalized spacial score (nSPS) is 17.2. The van der Waals surface area contributed by atoms with Crippen LogP contribution in [0.5, 0.6) is 0 Å². The van der Waals surface area contributed by atoms with Crippen molar-refractivity contribution in [3.8, 4) is 0 Å². The Hall–Kier alpha value is -0.343. The molecule has 0 fully saturated rings. The van der Waals surface area contributed by atoms with E-state index in [1.54, 1.807) is 5.20 Å². The molecule has 1 nitrogen and oxygen atoms in total. The monoisotopic (exact) mass is 168 g/mol. The van der Waals surface area contributed by atoms with E-state index in [0.29, 0.717) is 6.61 Å². The van der Waals surface area contributed by atoms with Crippen LogP contribution in [-0.2, 0) is 0 Å². The van der Waals surface area contributed by atoms with Crippen molar-refractivity contribution in [2.45, 2.75) is 25.6 Å². The predicted molar refractivity (Wildman–Crippen MR) is 51.2 cm³/mol. The molecule has 0 aliphatic heterocycles. The van der Waals surface area contributed by atoms with Crippen LogP contribution in [0.4, 0.5) is 0 Å². The molecule has 0 atom stereocenters. The van der Waals surface area contributed by atoms with Crippen LogP contribution in [0.3, 0.4) is 0 Å². The number of aliphatic hydroxyl groups excluding tert-OH is 1. The third kappa shape index (κ3) is 2.04. The standard InChI is InChI=1S/C9H16OSi/c1-11(2,8-7-10)9-5-3-4-6-9/h3-5,10H,6-8H2,1-2H3. The average Bonchev–Trinajstić information content (AvgIpc) is 2.37. The molecule has 0 amide bonds. The number of hydrogen-bond acceptors (Lipinski definition) is 1. The second-order valence-corrected chi connectivity index (χ2v) is 8.59. The summed E-state index contributed by atoms with van der Waals surface area (Å²) >= 11 is 0. The van der Waals surface area contributed by atoms with Crippen molar-refractivity contribution in [2.24, 2.45) is 0 Å². The van der Waals surface area contributed by atoms with Gasteiger partial charge in [-0.15, -0.1) is 0 Å². The van der Waals surface area contributed by atoms with Crippen LogP contribution in [0.1, 0.15) is 6.42 Å². The highest BCUT2D eigenvalue weighted by Gasteiger charge is 2.24. The Bertz CT molecular complexity index is 192. The Kier molecular flexibility index (Phi) is 2.68. The summed E-state index contributed by atoms with van der Waals surface area (Å²) in [5, 5.41) is 10.4. The van der Waals surface area contributed by atoms with Gasteiger partial charge in [0.25, 0.3) is 0 Å². The first-order valence-corrected chi connectivity index (χ1v) is 7.34. The number of rotatable bonds is 3.